The fourth-order valence-corrected chi connectivity index (χ4v) is 5.28. The highest BCUT2D eigenvalue weighted by molar-refractivity contribution is 8.18. The number of rotatable bonds is 6. The van der Waals surface area contributed by atoms with Crippen LogP contribution in [-0.2, 0) is 16.1 Å². The molecule has 0 atom stereocenters. The number of benzene rings is 3. The van der Waals surface area contributed by atoms with Crippen LogP contribution in [0.4, 0.5) is 10.5 Å². The zero-order valence-electron chi connectivity index (χ0n) is 19.4. The Hall–Kier alpha value is -3.81. The first-order valence-corrected chi connectivity index (χ1v) is 12.5. The van der Waals surface area contributed by atoms with Crippen molar-refractivity contribution < 1.29 is 14.4 Å². The van der Waals surface area contributed by atoms with Crippen molar-refractivity contribution in [2.75, 3.05) is 11.9 Å². The maximum absolute atomic E-state index is 13.1. The van der Waals surface area contributed by atoms with Crippen LogP contribution in [0.2, 0.25) is 5.02 Å². The van der Waals surface area contributed by atoms with Crippen LogP contribution in [0.25, 0.3) is 17.0 Å². The molecule has 3 aromatic carbocycles. The Morgan fingerprint density at radius 2 is 1.67 bits per heavy atom. The van der Waals surface area contributed by atoms with E-state index in [9.17, 15) is 14.4 Å². The molecule has 36 heavy (non-hydrogen) atoms. The third-order valence-corrected chi connectivity index (χ3v) is 7.30. The lowest BCUT2D eigenvalue weighted by atomic mass is 10.1. The standard InChI is InChI=1S/C28H22ClN3O3S/c1-18-21(20-11-5-8-14-24(20)31(18)16-19-9-3-2-4-10-19)15-25-27(34)32(28(35)36-25)17-26(33)30-23-13-7-6-12-22(23)29/h2-15H,16-17H2,1H3,(H,30,33)/b25-15+. The van der Waals surface area contributed by atoms with Gasteiger partial charge in [-0.3, -0.25) is 19.3 Å². The summed E-state index contributed by atoms with van der Waals surface area (Å²) < 4.78 is 2.21. The van der Waals surface area contributed by atoms with Crippen molar-refractivity contribution >= 4 is 63.1 Å². The normalized spacial score (nSPS) is 14.7. The Morgan fingerprint density at radius 1 is 0.972 bits per heavy atom. The summed E-state index contributed by atoms with van der Waals surface area (Å²) in [5, 5.41) is 3.54. The molecular formula is C28H22ClN3O3S. The fraction of sp³-hybridized carbons (Fsp3) is 0.107. The predicted molar refractivity (Wildman–Crippen MR) is 145 cm³/mol. The monoisotopic (exact) mass is 515 g/mol. The molecule has 1 aromatic heterocycles. The van der Waals surface area contributed by atoms with Crippen LogP contribution in [0.15, 0.2) is 83.8 Å². The summed E-state index contributed by atoms with van der Waals surface area (Å²) in [5.74, 6) is -0.985. The highest BCUT2D eigenvalue weighted by Gasteiger charge is 2.36. The average Bonchev–Trinajstić information content (AvgIpc) is 3.29. The highest BCUT2D eigenvalue weighted by atomic mass is 35.5. The quantitative estimate of drug-likeness (QED) is 0.305. The fourth-order valence-electron chi connectivity index (χ4n) is 4.27. The summed E-state index contributed by atoms with van der Waals surface area (Å²) in [5.41, 5.74) is 4.51. The molecule has 1 aliphatic heterocycles. The molecule has 2 heterocycles. The number of halogens is 1. The van der Waals surface area contributed by atoms with Gasteiger partial charge in [0.25, 0.3) is 11.1 Å². The second kappa shape index (κ2) is 10.0. The van der Waals surface area contributed by atoms with Crippen molar-refractivity contribution in [3.8, 4) is 0 Å². The summed E-state index contributed by atoms with van der Waals surface area (Å²) in [6.45, 7) is 2.31. The van der Waals surface area contributed by atoms with Gasteiger partial charge in [0.15, 0.2) is 0 Å². The molecule has 0 aliphatic carbocycles. The molecule has 6 nitrogen and oxygen atoms in total. The van der Waals surface area contributed by atoms with Gasteiger partial charge in [0.05, 0.1) is 15.6 Å². The minimum absolute atomic E-state index is 0.288. The summed E-state index contributed by atoms with van der Waals surface area (Å²) in [4.78, 5) is 39.6. The van der Waals surface area contributed by atoms with Crippen LogP contribution >= 0.6 is 23.4 Å². The van der Waals surface area contributed by atoms with E-state index in [1.165, 1.54) is 0 Å². The molecule has 3 amide bonds. The molecule has 1 N–H and O–H groups in total. The topological polar surface area (TPSA) is 71.4 Å². The zero-order valence-corrected chi connectivity index (χ0v) is 21.0. The first kappa shape index (κ1) is 23.9. The van der Waals surface area contributed by atoms with E-state index in [0.29, 0.717) is 17.3 Å². The number of fused-ring (bicyclic) bond motifs is 1. The molecule has 8 heteroatoms. The number of hydrogen-bond donors (Lipinski definition) is 1. The SMILES string of the molecule is Cc1c(/C=C2/SC(=O)N(CC(=O)Nc3ccccc3Cl)C2=O)c2ccccc2n1Cc1ccccc1. The van der Waals surface area contributed by atoms with E-state index >= 15 is 0 Å². The second-order valence-corrected chi connectivity index (χ2v) is 9.78. The van der Waals surface area contributed by atoms with E-state index in [4.69, 9.17) is 11.6 Å². The molecule has 0 unspecified atom stereocenters. The lowest BCUT2D eigenvalue weighted by Gasteiger charge is -2.13. The predicted octanol–water partition coefficient (Wildman–Crippen LogP) is 6.33. The Kier molecular flexibility index (Phi) is 6.67. The van der Waals surface area contributed by atoms with Crippen molar-refractivity contribution in [2.24, 2.45) is 0 Å². The van der Waals surface area contributed by atoms with Gasteiger partial charge in [0, 0.05) is 28.7 Å². The first-order valence-electron chi connectivity index (χ1n) is 11.3. The van der Waals surface area contributed by atoms with E-state index in [1.54, 1.807) is 30.3 Å². The van der Waals surface area contributed by atoms with Crippen molar-refractivity contribution in [3.63, 3.8) is 0 Å². The third kappa shape index (κ3) is 4.67. The highest BCUT2D eigenvalue weighted by Crippen LogP contribution is 2.36. The van der Waals surface area contributed by atoms with Gasteiger partial charge in [-0.2, -0.15) is 0 Å². The van der Waals surface area contributed by atoms with Crippen molar-refractivity contribution in [3.05, 3.63) is 106 Å². The van der Waals surface area contributed by atoms with Gasteiger partial charge >= 0.3 is 0 Å². The summed E-state index contributed by atoms with van der Waals surface area (Å²) in [6, 6.07) is 24.9. The van der Waals surface area contributed by atoms with Gasteiger partial charge in [-0.1, -0.05) is 72.3 Å². The van der Waals surface area contributed by atoms with Gasteiger partial charge < -0.3 is 9.88 Å². The molecule has 0 bridgehead atoms. The number of anilines is 1. The summed E-state index contributed by atoms with van der Waals surface area (Å²) >= 11 is 6.94. The van der Waals surface area contributed by atoms with E-state index < -0.39 is 17.1 Å². The van der Waals surface area contributed by atoms with Crippen LogP contribution < -0.4 is 5.32 Å². The van der Waals surface area contributed by atoms with E-state index in [-0.39, 0.29) is 11.4 Å². The van der Waals surface area contributed by atoms with Crippen LogP contribution in [0.1, 0.15) is 16.8 Å². The lowest BCUT2D eigenvalue weighted by Crippen LogP contribution is -2.36. The number of para-hydroxylation sites is 2. The number of carbonyl (C=O) groups is 3. The second-order valence-electron chi connectivity index (χ2n) is 8.38. The molecule has 5 rings (SSSR count). The van der Waals surface area contributed by atoms with E-state index in [0.717, 1.165) is 44.4 Å². The van der Waals surface area contributed by atoms with Gasteiger partial charge in [0.1, 0.15) is 6.54 Å². The summed E-state index contributed by atoms with van der Waals surface area (Å²) in [7, 11) is 0. The Balaban J connectivity index is 1.42. The van der Waals surface area contributed by atoms with Crippen molar-refractivity contribution in [1.29, 1.82) is 0 Å². The number of carbonyl (C=O) groups excluding carboxylic acids is 3. The number of nitrogens with zero attached hydrogens (tertiary/aromatic N) is 2. The van der Waals surface area contributed by atoms with Crippen LogP contribution in [0.5, 0.6) is 0 Å². The van der Waals surface area contributed by atoms with Crippen LogP contribution in [-0.4, -0.2) is 33.1 Å². The van der Waals surface area contributed by atoms with Crippen molar-refractivity contribution in [1.82, 2.24) is 9.47 Å². The average molecular weight is 516 g/mol. The maximum atomic E-state index is 13.1. The molecule has 1 saturated heterocycles. The van der Waals surface area contributed by atoms with Gasteiger partial charge in [-0.05, 0) is 48.5 Å². The van der Waals surface area contributed by atoms with Crippen molar-refractivity contribution in [2.45, 2.75) is 13.5 Å². The molecule has 1 fully saturated rings. The molecule has 1 aliphatic rings. The number of nitrogens with one attached hydrogen (secondary N) is 1. The van der Waals surface area contributed by atoms with E-state index in [1.807, 2.05) is 49.4 Å². The minimum Gasteiger partial charge on any atom is -0.340 e. The molecule has 0 spiro atoms. The Labute approximate surface area is 217 Å². The third-order valence-electron chi connectivity index (χ3n) is 6.06. The Bertz CT molecular complexity index is 1530. The zero-order chi connectivity index (χ0) is 25.2. The van der Waals surface area contributed by atoms with E-state index in [2.05, 4.69) is 22.0 Å². The van der Waals surface area contributed by atoms with Gasteiger partial charge in [0.2, 0.25) is 5.91 Å². The lowest BCUT2D eigenvalue weighted by molar-refractivity contribution is -0.127. The first-order chi connectivity index (χ1) is 17.4. The number of aromatic nitrogens is 1. The van der Waals surface area contributed by atoms with Gasteiger partial charge in [-0.25, -0.2) is 0 Å². The molecule has 0 saturated carbocycles. The smallest absolute Gasteiger partial charge is 0.294 e. The number of amides is 3. The van der Waals surface area contributed by atoms with Crippen LogP contribution in [0, 0.1) is 6.92 Å². The number of hydrogen-bond acceptors (Lipinski definition) is 4. The summed E-state index contributed by atoms with van der Waals surface area (Å²) in [6.07, 6.45) is 1.76. The molecule has 0 radical (unpaired) electrons. The maximum Gasteiger partial charge on any atom is 0.294 e. The van der Waals surface area contributed by atoms with Gasteiger partial charge in [-0.15, -0.1) is 0 Å². The van der Waals surface area contributed by atoms with Crippen LogP contribution in [0.3, 0.4) is 0 Å². The largest absolute Gasteiger partial charge is 0.340 e. The number of imide groups is 1. The Morgan fingerprint density at radius 3 is 2.44 bits per heavy atom. The molecule has 4 aromatic rings. The minimum atomic E-state index is -0.498. The molecular weight excluding hydrogens is 494 g/mol. The molecule has 180 valence electrons. The number of thioether (sulfide) groups is 1.